The number of oxazole rings is 1. The molecule has 0 saturated carbocycles. The van der Waals surface area contributed by atoms with Gasteiger partial charge in [0.1, 0.15) is 5.52 Å². The summed E-state index contributed by atoms with van der Waals surface area (Å²) in [6, 6.07) is 18.3. The molecule has 0 aliphatic carbocycles. The first-order valence-corrected chi connectivity index (χ1v) is 8.44. The van der Waals surface area contributed by atoms with Gasteiger partial charge in [0.15, 0.2) is 18.1 Å². The molecule has 0 saturated heterocycles. The molecule has 0 aliphatic rings. The van der Waals surface area contributed by atoms with Crippen molar-refractivity contribution in [2.24, 2.45) is 0 Å². The molecular weight excluding hydrogens is 344 g/mol. The van der Waals surface area contributed by atoms with Gasteiger partial charge in [-0.05, 0) is 48.0 Å². The quantitative estimate of drug-likeness (QED) is 0.553. The molecule has 0 spiro atoms. The average Bonchev–Trinajstić information content (AvgIpc) is 3.15. The predicted octanol–water partition coefficient (Wildman–Crippen LogP) is 4.17. The van der Waals surface area contributed by atoms with E-state index in [-0.39, 0.29) is 0 Å². The molecule has 6 heteroatoms. The third-order valence-corrected chi connectivity index (χ3v) is 4.24. The van der Waals surface area contributed by atoms with Gasteiger partial charge < -0.3 is 14.5 Å². The molecule has 27 heavy (non-hydrogen) atoms. The normalized spacial score (nSPS) is 12.0. The summed E-state index contributed by atoms with van der Waals surface area (Å²) in [5, 5.41) is 4.87. The number of hydrogen-bond acceptors (Lipinski definition) is 5. The Hall–Kier alpha value is -3.67. The Morgan fingerprint density at radius 3 is 2.70 bits per heavy atom. The number of anilines is 1. The van der Waals surface area contributed by atoms with Gasteiger partial charge in [0.25, 0.3) is 5.91 Å². The van der Waals surface area contributed by atoms with Crippen molar-refractivity contribution in [1.82, 2.24) is 4.98 Å². The number of benzene rings is 3. The summed E-state index contributed by atoms with van der Waals surface area (Å²) in [5.41, 5.74) is 2.07. The molecule has 1 unspecified atom stereocenters. The molecule has 3 aromatic carbocycles. The summed E-state index contributed by atoms with van der Waals surface area (Å²) in [4.78, 5) is 28.7. The van der Waals surface area contributed by atoms with Crippen LogP contribution in [-0.4, -0.2) is 23.0 Å². The molecule has 1 aromatic heterocycles. The summed E-state index contributed by atoms with van der Waals surface area (Å²) >= 11 is 0. The van der Waals surface area contributed by atoms with Gasteiger partial charge in [-0.1, -0.05) is 30.3 Å². The zero-order valence-electron chi connectivity index (χ0n) is 14.5. The highest BCUT2D eigenvalue weighted by molar-refractivity contribution is 5.99. The minimum atomic E-state index is -0.950. The lowest BCUT2D eigenvalue weighted by molar-refractivity contribution is -0.123. The van der Waals surface area contributed by atoms with Gasteiger partial charge in [0.05, 0.1) is 5.56 Å². The van der Waals surface area contributed by atoms with E-state index in [9.17, 15) is 9.59 Å². The molecule has 0 fully saturated rings. The fraction of sp³-hybridized carbons (Fsp3) is 0.0952. The largest absolute Gasteiger partial charge is 0.449 e. The van der Waals surface area contributed by atoms with Gasteiger partial charge in [0, 0.05) is 5.69 Å². The van der Waals surface area contributed by atoms with Crippen molar-refractivity contribution in [1.29, 1.82) is 0 Å². The van der Waals surface area contributed by atoms with E-state index in [0.717, 1.165) is 10.8 Å². The Morgan fingerprint density at radius 2 is 1.85 bits per heavy atom. The van der Waals surface area contributed by atoms with Crippen molar-refractivity contribution >= 4 is 39.4 Å². The van der Waals surface area contributed by atoms with Crippen LogP contribution >= 0.6 is 0 Å². The molecule has 0 aliphatic heterocycles. The molecular formula is C21H16N2O4. The van der Waals surface area contributed by atoms with Crippen LogP contribution in [0.25, 0.3) is 21.9 Å². The zero-order chi connectivity index (χ0) is 18.8. The number of rotatable bonds is 4. The van der Waals surface area contributed by atoms with E-state index >= 15 is 0 Å². The summed E-state index contributed by atoms with van der Waals surface area (Å²) in [7, 11) is 0. The summed E-state index contributed by atoms with van der Waals surface area (Å²) < 4.78 is 10.4. The Balaban J connectivity index is 1.44. The van der Waals surface area contributed by atoms with Crippen LogP contribution in [0.2, 0.25) is 0 Å². The van der Waals surface area contributed by atoms with E-state index < -0.39 is 18.0 Å². The van der Waals surface area contributed by atoms with Crippen LogP contribution in [0.15, 0.2) is 71.5 Å². The Morgan fingerprint density at radius 1 is 1.04 bits per heavy atom. The monoisotopic (exact) mass is 360 g/mol. The minimum Gasteiger partial charge on any atom is -0.449 e. The Kier molecular flexibility index (Phi) is 4.30. The maximum Gasteiger partial charge on any atom is 0.339 e. The number of esters is 1. The number of carbonyl (C=O) groups excluding carboxylic acids is 2. The standard InChI is InChI=1S/C21H16N2O4/c1-13(27-21(25)16-7-9-18-19(11-16)26-12-22-18)20(24)23-17-8-6-14-4-2-3-5-15(14)10-17/h2-13H,1H3,(H,23,24). The minimum absolute atomic E-state index is 0.296. The molecule has 4 aromatic rings. The van der Waals surface area contributed by atoms with Crippen LogP contribution < -0.4 is 5.32 Å². The molecule has 1 N–H and O–H groups in total. The van der Waals surface area contributed by atoms with E-state index in [0.29, 0.717) is 22.4 Å². The van der Waals surface area contributed by atoms with Crippen LogP contribution in [0.4, 0.5) is 5.69 Å². The predicted molar refractivity (Wildman–Crippen MR) is 101 cm³/mol. The van der Waals surface area contributed by atoms with Gasteiger partial charge in [-0.2, -0.15) is 0 Å². The van der Waals surface area contributed by atoms with Gasteiger partial charge in [0.2, 0.25) is 0 Å². The van der Waals surface area contributed by atoms with E-state index in [1.54, 1.807) is 18.2 Å². The van der Waals surface area contributed by atoms with Crippen LogP contribution in [-0.2, 0) is 9.53 Å². The number of ether oxygens (including phenoxy) is 1. The van der Waals surface area contributed by atoms with Crippen LogP contribution in [0.5, 0.6) is 0 Å². The summed E-state index contributed by atoms with van der Waals surface area (Å²) in [5.74, 6) is -1.01. The first-order chi connectivity index (χ1) is 13.1. The number of carbonyl (C=O) groups is 2. The van der Waals surface area contributed by atoms with Crippen molar-refractivity contribution < 1.29 is 18.7 Å². The summed E-state index contributed by atoms with van der Waals surface area (Å²) in [6.07, 6.45) is 0.355. The van der Waals surface area contributed by atoms with Crippen LogP contribution in [0, 0.1) is 0 Å². The van der Waals surface area contributed by atoms with Crippen LogP contribution in [0.1, 0.15) is 17.3 Å². The topological polar surface area (TPSA) is 81.4 Å². The second-order valence-electron chi connectivity index (χ2n) is 6.13. The number of amides is 1. The molecule has 0 bridgehead atoms. The second-order valence-corrected chi connectivity index (χ2v) is 6.13. The average molecular weight is 360 g/mol. The van der Waals surface area contributed by atoms with Gasteiger partial charge in [-0.3, -0.25) is 4.79 Å². The SMILES string of the molecule is CC(OC(=O)c1ccc2ncoc2c1)C(=O)Nc1ccc2ccccc2c1. The number of fused-ring (bicyclic) bond motifs is 2. The van der Waals surface area contributed by atoms with Gasteiger partial charge in [-0.25, -0.2) is 9.78 Å². The highest BCUT2D eigenvalue weighted by Gasteiger charge is 2.19. The number of nitrogens with zero attached hydrogens (tertiary/aromatic N) is 1. The third-order valence-electron chi connectivity index (χ3n) is 4.24. The molecule has 6 nitrogen and oxygen atoms in total. The maximum absolute atomic E-state index is 12.4. The smallest absolute Gasteiger partial charge is 0.339 e. The van der Waals surface area contributed by atoms with Gasteiger partial charge >= 0.3 is 5.97 Å². The molecule has 1 amide bonds. The molecule has 4 rings (SSSR count). The molecule has 0 radical (unpaired) electrons. The first-order valence-electron chi connectivity index (χ1n) is 8.44. The van der Waals surface area contributed by atoms with Crippen molar-refractivity contribution in [3.63, 3.8) is 0 Å². The Bertz CT molecular complexity index is 1150. The number of aromatic nitrogens is 1. The van der Waals surface area contributed by atoms with E-state index in [2.05, 4.69) is 10.3 Å². The van der Waals surface area contributed by atoms with Crippen molar-refractivity contribution in [2.45, 2.75) is 13.0 Å². The number of hydrogen-bond donors (Lipinski definition) is 1. The summed E-state index contributed by atoms with van der Waals surface area (Å²) in [6.45, 7) is 1.53. The van der Waals surface area contributed by atoms with E-state index in [4.69, 9.17) is 9.15 Å². The van der Waals surface area contributed by atoms with E-state index in [1.807, 2.05) is 42.5 Å². The number of nitrogens with one attached hydrogen (secondary N) is 1. The van der Waals surface area contributed by atoms with Crippen molar-refractivity contribution in [3.05, 3.63) is 72.6 Å². The fourth-order valence-corrected chi connectivity index (χ4v) is 2.78. The molecule has 1 heterocycles. The highest BCUT2D eigenvalue weighted by atomic mass is 16.5. The lowest BCUT2D eigenvalue weighted by Gasteiger charge is -2.14. The Labute approximate surface area is 154 Å². The van der Waals surface area contributed by atoms with Crippen LogP contribution in [0.3, 0.4) is 0 Å². The molecule has 1 atom stereocenters. The lowest BCUT2D eigenvalue weighted by atomic mass is 10.1. The van der Waals surface area contributed by atoms with Crippen molar-refractivity contribution in [2.75, 3.05) is 5.32 Å². The van der Waals surface area contributed by atoms with Crippen molar-refractivity contribution in [3.8, 4) is 0 Å². The maximum atomic E-state index is 12.4. The fourth-order valence-electron chi connectivity index (χ4n) is 2.78. The lowest BCUT2D eigenvalue weighted by Crippen LogP contribution is -2.30. The second kappa shape index (κ2) is 6.92. The highest BCUT2D eigenvalue weighted by Crippen LogP contribution is 2.19. The first kappa shape index (κ1) is 16.8. The molecule has 134 valence electrons. The third kappa shape index (κ3) is 3.50. The van der Waals surface area contributed by atoms with Gasteiger partial charge in [-0.15, -0.1) is 0 Å². The van der Waals surface area contributed by atoms with E-state index in [1.165, 1.54) is 13.3 Å². The zero-order valence-corrected chi connectivity index (χ0v) is 14.5.